The Kier molecular flexibility index (Phi) is 6.95. The van der Waals surface area contributed by atoms with E-state index in [2.05, 4.69) is 37.9 Å². The van der Waals surface area contributed by atoms with E-state index in [1.807, 2.05) is 0 Å². The van der Waals surface area contributed by atoms with Crippen molar-refractivity contribution in [3.05, 3.63) is 0 Å². The van der Waals surface area contributed by atoms with Crippen LogP contribution in [0.4, 0.5) is 0 Å². The standard InChI is InChI=1S/C15H32N2O2S/c1-6-13(4)15-10-16-14(12(2)3)11-17(15)8-7-9-20(5,18)19/h12-16H,6-11H2,1-5H3. The van der Waals surface area contributed by atoms with Gasteiger partial charge in [0, 0.05) is 31.4 Å². The van der Waals surface area contributed by atoms with Crippen LogP contribution in [-0.4, -0.2) is 57.0 Å². The minimum atomic E-state index is -2.84. The molecule has 0 aliphatic carbocycles. The van der Waals surface area contributed by atoms with Crippen LogP contribution in [-0.2, 0) is 9.84 Å². The zero-order chi connectivity index (χ0) is 15.3. The monoisotopic (exact) mass is 304 g/mol. The third kappa shape index (κ3) is 5.70. The molecule has 1 N–H and O–H groups in total. The molecule has 0 spiro atoms. The van der Waals surface area contributed by atoms with Crippen molar-refractivity contribution in [1.82, 2.24) is 10.2 Å². The Hall–Kier alpha value is -0.130. The average Bonchev–Trinajstić information content (AvgIpc) is 2.36. The van der Waals surface area contributed by atoms with Crippen LogP contribution in [0.1, 0.15) is 40.5 Å². The highest BCUT2D eigenvalue weighted by molar-refractivity contribution is 7.90. The lowest BCUT2D eigenvalue weighted by Crippen LogP contribution is -2.60. The lowest BCUT2D eigenvalue weighted by Gasteiger charge is -2.44. The average molecular weight is 304 g/mol. The summed E-state index contributed by atoms with van der Waals surface area (Å²) in [5.74, 6) is 1.57. The van der Waals surface area contributed by atoms with E-state index in [1.165, 1.54) is 12.7 Å². The topological polar surface area (TPSA) is 49.4 Å². The van der Waals surface area contributed by atoms with E-state index in [0.29, 0.717) is 29.7 Å². The number of hydrogen-bond acceptors (Lipinski definition) is 4. The Balaban J connectivity index is 2.61. The lowest BCUT2D eigenvalue weighted by molar-refractivity contribution is 0.0793. The summed E-state index contributed by atoms with van der Waals surface area (Å²) in [5.41, 5.74) is 0. The smallest absolute Gasteiger partial charge is 0.147 e. The fraction of sp³-hybridized carbons (Fsp3) is 1.00. The third-order valence-electron chi connectivity index (χ3n) is 4.56. The van der Waals surface area contributed by atoms with Gasteiger partial charge in [-0.2, -0.15) is 0 Å². The van der Waals surface area contributed by atoms with E-state index >= 15 is 0 Å². The Morgan fingerprint density at radius 3 is 2.45 bits per heavy atom. The van der Waals surface area contributed by atoms with Crippen molar-refractivity contribution in [1.29, 1.82) is 0 Å². The van der Waals surface area contributed by atoms with Crippen LogP contribution in [0.15, 0.2) is 0 Å². The predicted molar refractivity (Wildman–Crippen MR) is 85.8 cm³/mol. The van der Waals surface area contributed by atoms with Crippen molar-refractivity contribution in [3.63, 3.8) is 0 Å². The van der Waals surface area contributed by atoms with Crippen LogP contribution in [0.5, 0.6) is 0 Å². The highest BCUT2D eigenvalue weighted by Crippen LogP contribution is 2.20. The zero-order valence-corrected chi connectivity index (χ0v) is 14.5. The molecule has 3 unspecified atom stereocenters. The van der Waals surface area contributed by atoms with E-state index in [4.69, 9.17) is 0 Å². The lowest BCUT2D eigenvalue weighted by atomic mass is 9.91. The summed E-state index contributed by atoms with van der Waals surface area (Å²) in [7, 11) is -2.84. The third-order valence-corrected chi connectivity index (χ3v) is 5.59. The molecule has 1 fully saturated rings. The van der Waals surface area contributed by atoms with Gasteiger partial charge in [-0.05, 0) is 24.8 Å². The van der Waals surface area contributed by atoms with Gasteiger partial charge in [0.2, 0.25) is 0 Å². The van der Waals surface area contributed by atoms with Gasteiger partial charge in [0.25, 0.3) is 0 Å². The second-order valence-electron chi connectivity index (χ2n) is 6.69. The number of nitrogens with one attached hydrogen (secondary N) is 1. The number of hydrogen-bond donors (Lipinski definition) is 1. The minimum Gasteiger partial charge on any atom is -0.311 e. The van der Waals surface area contributed by atoms with Crippen molar-refractivity contribution in [2.45, 2.75) is 52.6 Å². The quantitative estimate of drug-likeness (QED) is 0.779. The molecule has 0 aromatic rings. The van der Waals surface area contributed by atoms with E-state index in [-0.39, 0.29) is 0 Å². The molecule has 0 saturated carbocycles. The maximum absolute atomic E-state index is 11.3. The van der Waals surface area contributed by atoms with Crippen molar-refractivity contribution in [2.75, 3.05) is 31.6 Å². The fourth-order valence-corrected chi connectivity index (χ4v) is 3.57. The van der Waals surface area contributed by atoms with Gasteiger partial charge >= 0.3 is 0 Å². The molecule has 0 aromatic heterocycles. The Bertz CT molecular complexity index is 381. The molecule has 1 aliphatic rings. The molecule has 20 heavy (non-hydrogen) atoms. The number of nitrogens with zero attached hydrogens (tertiary/aromatic N) is 1. The van der Waals surface area contributed by atoms with Crippen molar-refractivity contribution in [3.8, 4) is 0 Å². The van der Waals surface area contributed by atoms with Crippen LogP contribution >= 0.6 is 0 Å². The Morgan fingerprint density at radius 2 is 1.95 bits per heavy atom. The number of piperazine rings is 1. The van der Waals surface area contributed by atoms with Crippen molar-refractivity contribution in [2.24, 2.45) is 11.8 Å². The first-order chi connectivity index (χ1) is 9.24. The SMILES string of the molecule is CCC(C)C1CNC(C(C)C)CN1CCCS(C)(=O)=O. The van der Waals surface area contributed by atoms with Gasteiger partial charge in [0.1, 0.15) is 9.84 Å². The van der Waals surface area contributed by atoms with E-state index in [9.17, 15) is 8.42 Å². The van der Waals surface area contributed by atoms with Crippen LogP contribution < -0.4 is 5.32 Å². The van der Waals surface area contributed by atoms with E-state index in [0.717, 1.165) is 26.1 Å². The van der Waals surface area contributed by atoms with Crippen molar-refractivity contribution >= 4 is 9.84 Å². The van der Waals surface area contributed by atoms with Crippen molar-refractivity contribution < 1.29 is 8.42 Å². The summed E-state index contributed by atoms with van der Waals surface area (Å²) < 4.78 is 22.6. The first kappa shape index (κ1) is 17.9. The molecule has 120 valence electrons. The highest BCUT2D eigenvalue weighted by atomic mass is 32.2. The van der Waals surface area contributed by atoms with Gasteiger partial charge in [-0.3, -0.25) is 4.90 Å². The molecule has 1 rings (SSSR count). The first-order valence-electron chi connectivity index (χ1n) is 7.89. The van der Waals surface area contributed by atoms with Gasteiger partial charge in [-0.15, -0.1) is 0 Å². The molecule has 1 aliphatic heterocycles. The first-order valence-corrected chi connectivity index (χ1v) is 9.95. The highest BCUT2D eigenvalue weighted by Gasteiger charge is 2.31. The van der Waals surface area contributed by atoms with Gasteiger partial charge in [-0.25, -0.2) is 8.42 Å². The van der Waals surface area contributed by atoms with E-state index in [1.54, 1.807) is 0 Å². The summed E-state index contributed by atoms with van der Waals surface area (Å²) >= 11 is 0. The zero-order valence-electron chi connectivity index (χ0n) is 13.7. The molecule has 1 heterocycles. The van der Waals surface area contributed by atoms with Crippen LogP contribution in [0.3, 0.4) is 0 Å². The number of sulfone groups is 1. The summed E-state index contributed by atoms with van der Waals surface area (Å²) in [6.45, 7) is 12.0. The molecule has 0 aromatic carbocycles. The molecule has 4 nitrogen and oxygen atoms in total. The largest absolute Gasteiger partial charge is 0.311 e. The molecule has 0 radical (unpaired) electrons. The molecule has 1 saturated heterocycles. The van der Waals surface area contributed by atoms with Crippen LogP contribution in [0.25, 0.3) is 0 Å². The summed E-state index contributed by atoms with van der Waals surface area (Å²) in [5, 5.41) is 3.66. The van der Waals surface area contributed by atoms with Gasteiger partial charge in [0.15, 0.2) is 0 Å². The maximum Gasteiger partial charge on any atom is 0.147 e. The van der Waals surface area contributed by atoms with Crippen LogP contribution in [0, 0.1) is 11.8 Å². The predicted octanol–water partition coefficient (Wildman–Crippen LogP) is 1.77. The molecular formula is C15H32N2O2S. The van der Waals surface area contributed by atoms with Gasteiger partial charge in [-0.1, -0.05) is 34.1 Å². The molecular weight excluding hydrogens is 272 g/mol. The second kappa shape index (κ2) is 7.76. The minimum absolute atomic E-state index is 0.302. The summed E-state index contributed by atoms with van der Waals surface area (Å²) in [6.07, 6.45) is 3.24. The molecule has 3 atom stereocenters. The van der Waals surface area contributed by atoms with Crippen LogP contribution in [0.2, 0.25) is 0 Å². The van der Waals surface area contributed by atoms with Gasteiger partial charge < -0.3 is 5.32 Å². The maximum atomic E-state index is 11.3. The van der Waals surface area contributed by atoms with Gasteiger partial charge in [0.05, 0.1) is 5.75 Å². The summed E-state index contributed by atoms with van der Waals surface area (Å²) in [6, 6.07) is 1.06. The fourth-order valence-electron chi connectivity index (χ4n) is 2.92. The second-order valence-corrected chi connectivity index (χ2v) is 8.95. The normalized spacial score (nSPS) is 26.9. The van der Waals surface area contributed by atoms with E-state index < -0.39 is 9.84 Å². The Labute approximate surface area is 125 Å². The molecule has 5 heteroatoms. The molecule has 0 bridgehead atoms. The molecule has 0 amide bonds. The Morgan fingerprint density at radius 1 is 1.30 bits per heavy atom. The number of rotatable bonds is 7. The summed E-state index contributed by atoms with van der Waals surface area (Å²) in [4.78, 5) is 2.51.